The molecule has 0 aliphatic heterocycles. The maximum Gasteiger partial charge on any atom is 0.198 e. The SMILES string of the molecule is c1cncc(-c2cnc(C3CCC3)o2)c1. The molecule has 76 valence electrons. The summed E-state index contributed by atoms with van der Waals surface area (Å²) in [5.74, 6) is 2.26. The van der Waals surface area contributed by atoms with Gasteiger partial charge in [0.05, 0.1) is 6.20 Å². The number of aromatic nitrogens is 2. The van der Waals surface area contributed by atoms with Gasteiger partial charge in [-0.05, 0) is 25.0 Å². The van der Waals surface area contributed by atoms with E-state index < -0.39 is 0 Å². The fraction of sp³-hybridized carbons (Fsp3) is 0.333. The first-order valence-electron chi connectivity index (χ1n) is 5.29. The van der Waals surface area contributed by atoms with Gasteiger partial charge < -0.3 is 4.42 Å². The van der Waals surface area contributed by atoms with Gasteiger partial charge >= 0.3 is 0 Å². The first-order chi connectivity index (χ1) is 7.43. The lowest BCUT2D eigenvalue weighted by Crippen LogP contribution is -2.08. The Kier molecular flexibility index (Phi) is 2.02. The minimum atomic E-state index is 0.551. The summed E-state index contributed by atoms with van der Waals surface area (Å²) in [6.45, 7) is 0. The Bertz CT molecular complexity index is 446. The molecule has 2 aromatic heterocycles. The molecule has 1 fully saturated rings. The molecule has 0 atom stereocenters. The fourth-order valence-corrected chi connectivity index (χ4v) is 1.77. The summed E-state index contributed by atoms with van der Waals surface area (Å²) in [5, 5.41) is 0. The molecule has 1 saturated carbocycles. The van der Waals surface area contributed by atoms with Crippen LogP contribution in [0.3, 0.4) is 0 Å². The predicted molar refractivity (Wildman–Crippen MR) is 56.3 cm³/mol. The van der Waals surface area contributed by atoms with Crippen LogP contribution in [0, 0.1) is 0 Å². The molecule has 1 aliphatic carbocycles. The van der Waals surface area contributed by atoms with Crippen LogP contribution in [0.1, 0.15) is 31.1 Å². The van der Waals surface area contributed by atoms with E-state index in [1.807, 2.05) is 12.1 Å². The van der Waals surface area contributed by atoms with Crippen LogP contribution in [0.4, 0.5) is 0 Å². The van der Waals surface area contributed by atoms with Crippen molar-refractivity contribution < 1.29 is 4.42 Å². The lowest BCUT2D eigenvalue weighted by Gasteiger charge is -2.21. The van der Waals surface area contributed by atoms with Crippen molar-refractivity contribution in [2.75, 3.05) is 0 Å². The number of oxazole rings is 1. The van der Waals surface area contributed by atoms with E-state index in [0.29, 0.717) is 5.92 Å². The maximum atomic E-state index is 5.72. The Morgan fingerprint density at radius 2 is 2.20 bits per heavy atom. The van der Waals surface area contributed by atoms with Gasteiger partial charge in [0.15, 0.2) is 11.7 Å². The lowest BCUT2D eigenvalue weighted by atomic mass is 9.85. The highest BCUT2D eigenvalue weighted by atomic mass is 16.4. The summed E-state index contributed by atoms with van der Waals surface area (Å²) in [5.41, 5.74) is 0.996. The second-order valence-electron chi connectivity index (χ2n) is 3.93. The molecular weight excluding hydrogens is 188 g/mol. The van der Waals surface area contributed by atoms with Crippen LogP contribution in [0.15, 0.2) is 35.1 Å². The normalized spacial score (nSPS) is 16.3. The number of pyridine rings is 1. The van der Waals surface area contributed by atoms with Crippen molar-refractivity contribution in [3.05, 3.63) is 36.6 Å². The minimum Gasteiger partial charge on any atom is -0.440 e. The van der Waals surface area contributed by atoms with E-state index in [1.54, 1.807) is 18.6 Å². The summed E-state index contributed by atoms with van der Waals surface area (Å²) in [4.78, 5) is 8.38. The molecule has 0 unspecified atom stereocenters. The standard InChI is InChI=1S/C12H12N2O/c1-3-9(4-1)12-14-8-11(15-12)10-5-2-6-13-7-10/h2,5-9H,1,3-4H2. The van der Waals surface area contributed by atoms with Crippen LogP contribution in [0.25, 0.3) is 11.3 Å². The third-order valence-corrected chi connectivity index (χ3v) is 2.92. The van der Waals surface area contributed by atoms with Crippen molar-refractivity contribution in [1.82, 2.24) is 9.97 Å². The van der Waals surface area contributed by atoms with Gasteiger partial charge in [0.1, 0.15) is 0 Å². The second-order valence-corrected chi connectivity index (χ2v) is 3.93. The van der Waals surface area contributed by atoms with Crippen molar-refractivity contribution in [3.8, 4) is 11.3 Å². The zero-order valence-electron chi connectivity index (χ0n) is 8.39. The molecular formula is C12H12N2O. The van der Waals surface area contributed by atoms with Crippen LogP contribution >= 0.6 is 0 Å². The van der Waals surface area contributed by atoms with Crippen molar-refractivity contribution in [3.63, 3.8) is 0 Å². The van der Waals surface area contributed by atoms with Crippen LogP contribution in [0.5, 0.6) is 0 Å². The lowest BCUT2D eigenvalue weighted by molar-refractivity contribution is 0.338. The molecule has 0 bridgehead atoms. The Balaban J connectivity index is 1.90. The number of rotatable bonds is 2. The summed E-state index contributed by atoms with van der Waals surface area (Å²) in [6.07, 6.45) is 9.08. The van der Waals surface area contributed by atoms with E-state index in [1.165, 1.54) is 19.3 Å². The fourth-order valence-electron chi connectivity index (χ4n) is 1.77. The monoisotopic (exact) mass is 200 g/mol. The zero-order chi connectivity index (χ0) is 10.1. The van der Waals surface area contributed by atoms with Crippen LogP contribution < -0.4 is 0 Å². The maximum absolute atomic E-state index is 5.72. The Hall–Kier alpha value is -1.64. The van der Waals surface area contributed by atoms with Crippen molar-refractivity contribution >= 4 is 0 Å². The highest BCUT2D eigenvalue weighted by Gasteiger charge is 2.24. The Labute approximate surface area is 88.2 Å². The molecule has 2 aromatic rings. The summed E-state index contributed by atoms with van der Waals surface area (Å²) in [6, 6.07) is 3.89. The highest BCUT2D eigenvalue weighted by molar-refractivity contribution is 5.54. The first kappa shape index (κ1) is 8.65. The van der Waals surface area contributed by atoms with E-state index in [0.717, 1.165) is 17.2 Å². The summed E-state index contributed by atoms with van der Waals surface area (Å²) < 4.78 is 5.72. The smallest absolute Gasteiger partial charge is 0.198 e. The molecule has 2 heterocycles. The minimum absolute atomic E-state index is 0.551. The second kappa shape index (κ2) is 3.50. The van der Waals surface area contributed by atoms with Crippen molar-refractivity contribution in [1.29, 1.82) is 0 Å². The van der Waals surface area contributed by atoms with E-state index in [-0.39, 0.29) is 0 Å². The topological polar surface area (TPSA) is 38.9 Å². The first-order valence-corrected chi connectivity index (χ1v) is 5.29. The molecule has 0 aromatic carbocycles. The van der Waals surface area contributed by atoms with Gasteiger partial charge in [-0.15, -0.1) is 0 Å². The quantitative estimate of drug-likeness (QED) is 0.748. The number of hydrogen-bond acceptors (Lipinski definition) is 3. The molecule has 3 rings (SSSR count). The molecule has 0 amide bonds. The van der Waals surface area contributed by atoms with E-state index in [2.05, 4.69) is 9.97 Å². The van der Waals surface area contributed by atoms with Crippen LogP contribution in [-0.4, -0.2) is 9.97 Å². The van der Waals surface area contributed by atoms with Crippen molar-refractivity contribution in [2.24, 2.45) is 0 Å². The number of hydrogen-bond donors (Lipinski definition) is 0. The average Bonchev–Trinajstić information content (AvgIpc) is 2.66. The van der Waals surface area contributed by atoms with Gasteiger partial charge in [-0.25, -0.2) is 4.98 Å². The molecule has 1 aliphatic rings. The largest absolute Gasteiger partial charge is 0.440 e. The predicted octanol–water partition coefficient (Wildman–Crippen LogP) is 3.00. The van der Waals surface area contributed by atoms with Crippen LogP contribution in [-0.2, 0) is 0 Å². The van der Waals surface area contributed by atoms with Gasteiger partial charge in [0.2, 0.25) is 0 Å². The Morgan fingerprint density at radius 3 is 2.87 bits per heavy atom. The molecule has 15 heavy (non-hydrogen) atoms. The average molecular weight is 200 g/mol. The third-order valence-electron chi connectivity index (χ3n) is 2.92. The molecule has 0 saturated heterocycles. The highest BCUT2D eigenvalue weighted by Crippen LogP contribution is 2.36. The number of nitrogens with zero attached hydrogens (tertiary/aromatic N) is 2. The van der Waals surface area contributed by atoms with Gasteiger partial charge in [-0.2, -0.15) is 0 Å². The molecule has 0 radical (unpaired) electrons. The van der Waals surface area contributed by atoms with E-state index in [9.17, 15) is 0 Å². The van der Waals surface area contributed by atoms with Crippen molar-refractivity contribution in [2.45, 2.75) is 25.2 Å². The van der Waals surface area contributed by atoms with E-state index >= 15 is 0 Å². The Morgan fingerprint density at radius 1 is 1.27 bits per heavy atom. The molecule has 3 heteroatoms. The van der Waals surface area contributed by atoms with Gasteiger partial charge in [0.25, 0.3) is 0 Å². The zero-order valence-corrected chi connectivity index (χ0v) is 8.39. The summed E-state index contributed by atoms with van der Waals surface area (Å²) in [7, 11) is 0. The third kappa shape index (κ3) is 1.54. The van der Waals surface area contributed by atoms with E-state index in [4.69, 9.17) is 4.42 Å². The molecule has 3 nitrogen and oxygen atoms in total. The summed E-state index contributed by atoms with van der Waals surface area (Å²) >= 11 is 0. The van der Waals surface area contributed by atoms with Gasteiger partial charge in [-0.3, -0.25) is 4.98 Å². The molecule has 0 N–H and O–H groups in total. The van der Waals surface area contributed by atoms with Crippen LogP contribution in [0.2, 0.25) is 0 Å². The van der Waals surface area contributed by atoms with Gasteiger partial charge in [-0.1, -0.05) is 6.42 Å². The molecule has 0 spiro atoms. The van der Waals surface area contributed by atoms with Gasteiger partial charge in [0, 0.05) is 23.9 Å².